The Hall–Kier alpha value is -2.42. The number of unbranched alkanes of at least 4 members (excludes halogenated alkanes) is 1. The fraction of sp³-hybridized carbons (Fsp3) is 0.706. The molecule has 0 aliphatic heterocycles. The van der Waals surface area contributed by atoms with Crippen LogP contribution in [0.5, 0.6) is 0 Å². The van der Waals surface area contributed by atoms with E-state index in [-0.39, 0.29) is 12.2 Å². The van der Waals surface area contributed by atoms with E-state index in [4.69, 9.17) is 21.7 Å². The molecule has 0 bridgehead atoms. The maximum absolute atomic E-state index is 12.7. The highest BCUT2D eigenvalue weighted by atomic mass is 32.1. The van der Waals surface area contributed by atoms with Crippen molar-refractivity contribution in [3.05, 3.63) is 0 Å². The van der Waals surface area contributed by atoms with Crippen LogP contribution in [0.4, 0.5) is 0 Å². The summed E-state index contributed by atoms with van der Waals surface area (Å²) in [4.78, 5) is 59.4. The summed E-state index contributed by atoms with van der Waals surface area (Å²) in [6, 6.07) is -5.50. The van der Waals surface area contributed by atoms with Crippen LogP contribution >= 0.6 is 12.6 Å². The molecule has 5 atom stereocenters. The number of aliphatic hydroxyl groups is 1. The van der Waals surface area contributed by atoms with E-state index >= 15 is 0 Å². The summed E-state index contributed by atoms with van der Waals surface area (Å²) in [5, 5.41) is 34.2. The van der Waals surface area contributed by atoms with E-state index < -0.39 is 66.4 Å². The molecular formula is C17H31N5O8S. The molecule has 0 heterocycles. The molecule has 178 valence electrons. The molecule has 14 heteroatoms. The van der Waals surface area contributed by atoms with Crippen LogP contribution in [-0.4, -0.2) is 87.5 Å². The standard InChI is InChI=1S/C17H31N5O8S/c1-8(23)13(19)16(28)20-9(4-2-3-5-18)14(26)21-10(6-12(24)25)15(27)22-11(7-31)17(29)30/h8-11,13,23,31H,2-7,18-19H2,1H3,(H,20,28)(H,21,26)(H,22,27)(H,24,25)(H,29,30). The van der Waals surface area contributed by atoms with Crippen molar-refractivity contribution in [3.8, 4) is 0 Å². The molecule has 0 spiro atoms. The topological polar surface area (TPSA) is 234 Å². The van der Waals surface area contributed by atoms with Crippen molar-refractivity contribution in [3.63, 3.8) is 0 Å². The van der Waals surface area contributed by atoms with Crippen molar-refractivity contribution in [1.29, 1.82) is 0 Å². The van der Waals surface area contributed by atoms with E-state index in [1.54, 1.807) is 0 Å². The second-order valence-electron chi connectivity index (χ2n) is 6.85. The molecule has 0 radical (unpaired) electrons. The number of amides is 3. The average molecular weight is 466 g/mol. The number of carbonyl (C=O) groups is 5. The molecule has 0 saturated carbocycles. The third kappa shape index (κ3) is 11.0. The third-order valence-electron chi connectivity index (χ3n) is 4.21. The number of carbonyl (C=O) groups excluding carboxylic acids is 3. The summed E-state index contributed by atoms with van der Waals surface area (Å²) in [7, 11) is 0. The Balaban J connectivity index is 5.43. The molecule has 10 N–H and O–H groups in total. The highest BCUT2D eigenvalue weighted by molar-refractivity contribution is 7.80. The fourth-order valence-electron chi connectivity index (χ4n) is 2.36. The predicted molar refractivity (Wildman–Crippen MR) is 112 cm³/mol. The molecule has 0 saturated heterocycles. The zero-order valence-electron chi connectivity index (χ0n) is 17.1. The van der Waals surface area contributed by atoms with Gasteiger partial charge in [0.15, 0.2) is 0 Å². The monoisotopic (exact) mass is 465 g/mol. The zero-order valence-corrected chi connectivity index (χ0v) is 18.0. The molecule has 0 aliphatic carbocycles. The molecule has 0 aromatic carbocycles. The summed E-state index contributed by atoms with van der Waals surface area (Å²) in [6.07, 6.45) is -0.948. The Bertz CT molecular complexity index is 648. The molecule has 0 rings (SSSR count). The first-order valence-corrected chi connectivity index (χ1v) is 10.2. The summed E-state index contributed by atoms with van der Waals surface area (Å²) >= 11 is 3.80. The summed E-state index contributed by atoms with van der Waals surface area (Å²) in [5.41, 5.74) is 11.0. The number of nitrogens with two attached hydrogens (primary N) is 2. The van der Waals surface area contributed by atoms with E-state index in [9.17, 15) is 29.1 Å². The fourth-order valence-corrected chi connectivity index (χ4v) is 2.61. The second kappa shape index (κ2) is 14.6. The van der Waals surface area contributed by atoms with Crippen LogP contribution < -0.4 is 27.4 Å². The summed E-state index contributed by atoms with van der Waals surface area (Å²) in [5.74, 6) is -5.79. The molecule has 0 fully saturated rings. The van der Waals surface area contributed by atoms with Gasteiger partial charge in [0.05, 0.1) is 12.5 Å². The van der Waals surface area contributed by atoms with Crippen molar-refractivity contribution < 1.29 is 39.3 Å². The van der Waals surface area contributed by atoms with E-state index in [0.717, 1.165) is 0 Å². The quantitative estimate of drug-likeness (QED) is 0.0865. The Morgan fingerprint density at radius 2 is 1.42 bits per heavy atom. The maximum Gasteiger partial charge on any atom is 0.327 e. The van der Waals surface area contributed by atoms with Gasteiger partial charge in [-0.2, -0.15) is 12.6 Å². The van der Waals surface area contributed by atoms with Gasteiger partial charge < -0.3 is 42.7 Å². The maximum atomic E-state index is 12.7. The molecule has 31 heavy (non-hydrogen) atoms. The van der Waals surface area contributed by atoms with Gasteiger partial charge in [-0.05, 0) is 32.7 Å². The lowest BCUT2D eigenvalue weighted by molar-refractivity contribution is -0.143. The normalized spacial score (nSPS) is 15.6. The predicted octanol–water partition coefficient (Wildman–Crippen LogP) is -3.23. The van der Waals surface area contributed by atoms with Crippen LogP contribution in [0, 0.1) is 0 Å². The number of thiol groups is 1. The number of carboxylic acid groups (broad SMARTS) is 2. The van der Waals surface area contributed by atoms with E-state index in [1.807, 2.05) is 0 Å². The van der Waals surface area contributed by atoms with Crippen LogP contribution in [-0.2, 0) is 24.0 Å². The Kier molecular flexibility index (Phi) is 13.4. The Labute approximate surface area is 184 Å². The highest BCUT2D eigenvalue weighted by Crippen LogP contribution is 2.05. The number of carboxylic acids is 2. The SMILES string of the molecule is CC(O)C(N)C(=O)NC(CCCCN)C(=O)NC(CC(=O)O)C(=O)NC(CS)C(=O)O. The Morgan fingerprint density at radius 1 is 0.903 bits per heavy atom. The van der Waals surface area contributed by atoms with Crippen molar-refractivity contribution in [2.24, 2.45) is 11.5 Å². The number of aliphatic carboxylic acids is 2. The minimum Gasteiger partial charge on any atom is -0.481 e. The first kappa shape index (κ1) is 28.6. The van der Waals surface area contributed by atoms with Gasteiger partial charge in [0, 0.05) is 5.75 Å². The Morgan fingerprint density at radius 3 is 1.87 bits per heavy atom. The van der Waals surface area contributed by atoms with Gasteiger partial charge in [-0.15, -0.1) is 0 Å². The van der Waals surface area contributed by atoms with Crippen LogP contribution in [0.1, 0.15) is 32.6 Å². The van der Waals surface area contributed by atoms with Gasteiger partial charge in [0.2, 0.25) is 17.7 Å². The average Bonchev–Trinajstić information content (AvgIpc) is 2.68. The van der Waals surface area contributed by atoms with Gasteiger partial charge in [-0.25, -0.2) is 4.79 Å². The number of nitrogens with one attached hydrogen (secondary N) is 3. The number of aliphatic hydroxyl groups excluding tert-OH is 1. The minimum absolute atomic E-state index is 0.108. The first-order valence-electron chi connectivity index (χ1n) is 9.54. The molecule has 3 amide bonds. The van der Waals surface area contributed by atoms with Gasteiger partial charge >= 0.3 is 11.9 Å². The third-order valence-corrected chi connectivity index (χ3v) is 4.58. The van der Waals surface area contributed by atoms with Crippen molar-refractivity contribution in [2.45, 2.75) is 62.9 Å². The smallest absolute Gasteiger partial charge is 0.327 e. The van der Waals surface area contributed by atoms with Crippen molar-refractivity contribution in [1.82, 2.24) is 16.0 Å². The molecule has 0 aromatic rings. The van der Waals surface area contributed by atoms with Crippen LogP contribution in [0.2, 0.25) is 0 Å². The summed E-state index contributed by atoms with van der Waals surface area (Å²) < 4.78 is 0. The number of rotatable bonds is 15. The van der Waals surface area contributed by atoms with Crippen molar-refractivity contribution >= 4 is 42.3 Å². The summed E-state index contributed by atoms with van der Waals surface area (Å²) in [6.45, 7) is 1.63. The number of hydrogen-bond donors (Lipinski definition) is 9. The van der Waals surface area contributed by atoms with Gasteiger partial charge in [-0.3, -0.25) is 19.2 Å². The lowest BCUT2D eigenvalue weighted by atomic mass is 10.1. The van der Waals surface area contributed by atoms with E-state index in [2.05, 4.69) is 28.6 Å². The molecule has 0 aromatic heterocycles. The van der Waals surface area contributed by atoms with E-state index in [1.165, 1.54) is 6.92 Å². The zero-order chi connectivity index (χ0) is 24.1. The van der Waals surface area contributed by atoms with E-state index in [0.29, 0.717) is 19.4 Å². The van der Waals surface area contributed by atoms with Crippen molar-refractivity contribution in [2.75, 3.05) is 12.3 Å². The molecule has 0 aliphatic rings. The lowest BCUT2D eigenvalue weighted by Gasteiger charge is -2.25. The molecular weight excluding hydrogens is 434 g/mol. The lowest BCUT2D eigenvalue weighted by Crippen LogP contribution is -2.58. The molecule has 13 nitrogen and oxygen atoms in total. The second-order valence-corrected chi connectivity index (χ2v) is 7.22. The van der Waals surface area contributed by atoms with Gasteiger partial charge in [-0.1, -0.05) is 0 Å². The first-order chi connectivity index (χ1) is 14.4. The van der Waals surface area contributed by atoms with Crippen LogP contribution in [0.3, 0.4) is 0 Å². The van der Waals surface area contributed by atoms with Crippen LogP contribution in [0.25, 0.3) is 0 Å². The highest BCUT2D eigenvalue weighted by Gasteiger charge is 2.31. The van der Waals surface area contributed by atoms with Crippen LogP contribution in [0.15, 0.2) is 0 Å². The van der Waals surface area contributed by atoms with Gasteiger partial charge in [0.25, 0.3) is 0 Å². The van der Waals surface area contributed by atoms with Gasteiger partial charge in [0.1, 0.15) is 24.2 Å². The largest absolute Gasteiger partial charge is 0.481 e. The number of hydrogen-bond acceptors (Lipinski definition) is 9. The molecule has 5 unspecified atom stereocenters. The minimum atomic E-state index is -1.61.